The number of carbonyl (C=O) groups is 3. The van der Waals surface area contributed by atoms with Crippen LogP contribution in [0, 0.1) is 0 Å². The number of hydrogen-bond donors (Lipinski definition) is 1. The molecule has 1 atom stereocenters. The van der Waals surface area contributed by atoms with Gasteiger partial charge in [0.2, 0.25) is 11.8 Å². The lowest BCUT2D eigenvalue weighted by Gasteiger charge is -2.31. The van der Waals surface area contributed by atoms with Crippen LogP contribution < -0.4 is 5.32 Å². The predicted octanol–water partition coefficient (Wildman–Crippen LogP) is 3.47. The van der Waals surface area contributed by atoms with Crippen LogP contribution in [-0.2, 0) is 26.2 Å². The molecule has 8 nitrogen and oxygen atoms in total. The molecule has 0 aromatic heterocycles. The maximum atomic E-state index is 13.3. The average Bonchev–Trinajstić information content (AvgIpc) is 2.99. The number of fused-ring (bicyclic) bond motifs is 1. The van der Waals surface area contributed by atoms with Gasteiger partial charge in [-0.15, -0.1) is 0 Å². The Bertz CT molecular complexity index is 1220. The van der Waals surface area contributed by atoms with Gasteiger partial charge < -0.3 is 10.2 Å². The van der Waals surface area contributed by atoms with E-state index in [9.17, 15) is 22.8 Å². The largest absolute Gasteiger partial charge is 0.355 e. The molecule has 1 N–H and O–H groups in total. The lowest BCUT2D eigenvalue weighted by Crippen LogP contribution is -2.49. The third kappa shape index (κ3) is 5.21. The summed E-state index contributed by atoms with van der Waals surface area (Å²) in [5.41, 5.74) is 0.660. The standard InChI is InChI=1S/C23H25Cl2N3O5S/c1-3-19(22(30)26-4-2)27(14-15-9-10-16(24)13-18(15)25)21(29)11-12-28-23(31)17-7-5-6-8-20(17)34(28,32)33/h5-10,13,19H,3-4,11-12,14H2,1-2H3,(H,26,30). The number of carbonyl (C=O) groups excluding carboxylic acids is 3. The molecule has 1 aliphatic rings. The molecule has 34 heavy (non-hydrogen) atoms. The molecule has 0 saturated heterocycles. The highest BCUT2D eigenvalue weighted by Crippen LogP contribution is 2.30. The van der Waals surface area contributed by atoms with E-state index in [0.29, 0.717) is 32.9 Å². The first-order valence-electron chi connectivity index (χ1n) is 10.8. The van der Waals surface area contributed by atoms with E-state index >= 15 is 0 Å². The van der Waals surface area contributed by atoms with Gasteiger partial charge in [0.25, 0.3) is 15.9 Å². The molecular weight excluding hydrogens is 501 g/mol. The zero-order valence-corrected chi connectivity index (χ0v) is 21.1. The molecule has 1 unspecified atom stereocenters. The maximum Gasteiger partial charge on any atom is 0.269 e. The summed E-state index contributed by atoms with van der Waals surface area (Å²) in [4.78, 5) is 40.0. The Kier molecular flexibility index (Phi) is 8.22. The summed E-state index contributed by atoms with van der Waals surface area (Å²) in [7, 11) is -4.04. The minimum atomic E-state index is -4.04. The van der Waals surface area contributed by atoms with Crippen LogP contribution in [0.3, 0.4) is 0 Å². The summed E-state index contributed by atoms with van der Waals surface area (Å²) >= 11 is 12.3. The molecule has 2 aromatic rings. The lowest BCUT2D eigenvalue weighted by molar-refractivity contribution is -0.141. The van der Waals surface area contributed by atoms with Crippen molar-refractivity contribution in [3.63, 3.8) is 0 Å². The van der Waals surface area contributed by atoms with Gasteiger partial charge in [0, 0.05) is 36.1 Å². The molecule has 0 spiro atoms. The van der Waals surface area contributed by atoms with E-state index in [0.717, 1.165) is 0 Å². The minimum Gasteiger partial charge on any atom is -0.355 e. The normalized spacial score (nSPS) is 15.1. The third-order valence-corrected chi connectivity index (χ3v) is 7.96. The summed E-state index contributed by atoms with van der Waals surface area (Å²) in [6, 6.07) is 9.95. The summed E-state index contributed by atoms with van der Waals surface area (Å²) in [6.45, 7) is 3.61. The van der Waals surface area contributed by atoms with Gasteiger partial charge in [-0.25, -0.2) is 12.7 Å². The smallest absolute Gasteiger partial charge is 0.269 e. The van der Waals surface area contributed by atoms with Gasteiger partial charge in [-0.05, 0) is 43.2 Å². The molecule has 0 bridgehead atoms. The second-order valence-electron chi connectivity index (χ2n) is 7.70. The van der Waals surface area contributed by atoms with Crippen LogP contribution in [0.15, 0.2) is 47.4 Å². The van der Waals surface area contributed by atoms with Gasteiger partial charge in [-0.1, -0.05) is 48.3 Å². The number of halogens is 2. The van der Waals surface area contributed by atoms with E-state index in [4.69, 9.17) is 23.2 Å². The fourth-order valence-corrected chi connectivity index (χ4v) is 5.88. The maximum absolute atomic E-state index is 13.3. The third-order valence-electron chi connectivity index (χ3n) is 5.53. The first kappa shape index (κ1) is 26.0. The molecule has 0 fully saturated rings. The highest BCUT2D eigenvalue weighted by molar-refractivity contribution is 7.90. The summed E-state index contributed by atoms with van der Waals surface area (Å²) in [5, 5.41) is 3.49. The van der Waals surface area contributed by atoms with Gasteiger partial charge in [0.15, 0.2) is 0 Å². The van der Waals surface area contributed by atoms with Crippen LogP contribution in [0.5, 0.6) is 0 Å². The van der Waals surface area contributed by atoms with E-state index in [1.807, 2.05) is 0 Å². The van der Waals surface area contributed by atoms with Crippen molar-refractivity contribution in [3.8, 4) is 0 Å². The van der Waals surface area contributed by atoms with Crippen LogP contribution in [-0.4, -0.2) is 54.5 Å². The predicted molar refractivity (Wildman–Crippen MR) is 129 cm³/mol. The molecule has 0 aliphatic carbocycles. The molecule has 11 heteroatoms. The molecule has 3 amide bonds. The Morgan fingerprint density at radius 2 is 1.82 bits per heavy atom. The first-order valence-corrected chi connectivity index (χ1v) is 13.0. The highest BCUT2D eigenvalue weighted by Gasteiger charge is 2.41. The van der Waals surface area contributed by atoms with Gasteiger partial charge in [-0.2, -0.15) is 0 Å². The van der Waals surface area contributed by atoms with Crippen molar-refractivity contribution in [2.24, 2.45) is 0 Å². The number of sulfonamides is 1. The number of amides is 3. The van der Waals surface area contributed by atoms with Crippen molar-refractivity contribution in [2.45, 2.75) is 44.2 Å². The lowest BCUT2D eigenvalue weighted by atomic mass is 10.1. The summed E-state index contributed by atoms with van der Waals surface area (Å²) in [6.07, 6.45) is 0.0369. The second kappa shape index (κ2) is 10.8. The van der Waals surface area contributed by atoms with Gasteiger partial charge in [0.05, 0.1) is 5.56 Å². The molecule has 3 rings (SSSR count). The van der Waals surface area contributed by atoms with E-state index in [2.05, 4.69) is 5.32 Å². The Morgan fingerprint density at radius 1 is 1.12 bits per heavy atom. The van der Waals surface area contributed by atoms with Crippen molar-refractivity contribution in [3.05, 3.63) is 63.6 Å². The van der Waals surface area contributed by atoms with Gasteiger partial charge in [-0.3, -0.25) is 14.4 Å². The van der Waals surface area contributed by atoms with Crippen molar-refractivity contribution in [2.75, 3.05) is 13.1 Å². The fourth-order valence-electron chi connectivity index (χ4n) is 3.84. The SMILES string of the molecule is CCNC(=O)C(CC)N(Cc1ccc(Cl)cc1Cl)C(=O)CCN1C(=O)c2ccccc2S1(=O)=O. The molecule has 1 heterocycles. The van der Waals surface area contributed by atoms with Gasteiger partial charge in [0.1, 0.15) is 10.9 Å². The molecule has 2 aromatic carbocycles. The van der Waals surface area contributed by atoms with E-state index in [1.54, 1.807) is 38.1 Å². The zero-order chi connectivity index (χ0) is 25.0. The first-order chi connectivity index (χ1) is 16.1. The number of hydrogen-bond acceptors (Lipinski definition) is 5. The van der Waals surface area contributed by atoms with Gasteiger partial charge >= 0.3 is 0 Å². The van der Waals surface area contributed by atoms with Crippen molar-refractivity contribution >= 4 is 50.9 Å². The molecule has 0 saturated carbocycles. The quantitative estimate of drug-likeness (QED) is 0.539. The van der Waals surface area contributed by atoms with Crippen LogP contribution in [0.4, 0.5) is 0 Å². The molecular formula is C23H25Cl2N3O5S. The van der Waals surface area contributed by atoms with Crippen LogP contribution in [0.25, 0.3) is 0 Å². The van der Waals surface area contributed by atoms with Crippen LogP contribution in [0.1, 0.15) is 42.6 Å². The topological polar surface area (TPSA) is 104 Å². The van der Waals surface area contributed by atoms with E-state index < -0.39 is 27.9 Å². The fraction of sp³-hybridized carbons (Fsp3) is 0.348. The number of rotatable bonds is 9. The minimum absolute atomic E-state index is 0.0192. The Hall–Kier alpha value is -2.62. The van der Waals surface area contributed by atoms with Crippen molar-refractivity contribution < 1.29 is 22.8 Å². The highest BCUT2D eigenvalue weighted by atomic mass is 35.5. The molecule has 1 aliphatic heterocycles. The van der Waals surface area contributed by atoms with Crippen molar-refractivity contribution in [1.82, 2.24) is 14.5 Å². The monoisotopic (exact) mass is 525 g/mol. The van der Waals surface area contributed by atoms with E-state index in [1.165, 1.54) is 23.1 Å². The van der Waals surface area contributed by atoms with Crippen molar-refractivity contribution in [1.29, 1.82) is 0 Å². The summed E-state index contributed by atoms with van der Waals surface area (Å²) in [5.74, 6) is -1.49. The average molecular weight is 526 g/mol. The van der Waals surface area contributed by atoms with E-state index in [-0.39, 0.29) is 35.9 Å². The zero-order valence-electron chi connectivity index (χ0n) is 18.8. The Morgan fingerprint density at radius 3 is 2.44 bits per heavy atom. The second-order valence-corrected chi connectivity index (χ2v) is 10.4. The number of benzene rings is 2. The number of nitrogens with zero attached hydrogens (tertiary/aromatic N) is 2. The Labute approximate surface area is 208 Å². The molecule has 0 radical (unpaired) electrons. The summed E-state index contributed by atoms with van der Waals surface area (Å²) < 4.78 is 26.3. The number of nitrogens with one attached hydrogen (secondary N) is 1. The van der Waals surface area contributed by atoms with Crippen LogP contribution in [0.2, 0.25) is 10.0 Å². The Balaban J connectivity index is 1.85. The van der Waals surface area contributed by atoms with Crippen LogP contribution >= 0.6 is 23.2 Å². The number of likely N-dealkylation sites (N-methyl/N-ethyl adjacent to an activating group) is 1. The molecule has 182 valence electrons.